The summed E-state index contributed by atoms with van der Waals surface area (Å²) in [6, 6.07) is 14.9. The number of anilines is 1. The van der Waals surface area contributed by atoms with E-state index in [1.165, 1.54) is 11.0 Å². The van der Waals surface area contributed by atoms with Crippen molar-refractivity contribution in [1.29, 1.82) is 0 Å². The molecule has 0 saturated carbocycles. The third kappa shape index (κ3) is 4.78. The van der Waals surface area contributed by atoms with Crippen molar-refractivity contribution >= 4 is 21.4 Å². The Labute approximate surface area is 174 Å². The number of amides is 1. The first-order chi connectivity index (χ1) is 13.5. The van der Waals surface area contributed by atoms with E-state index in [-0.39, 0.29) is 17.1 Å². The molecule has 0 aliphatic carbocycles. The van der Waals surface area contributed by atoms with Gasteiger partial charge in [0.1, 0.15) is 0 Å². The lowest BCUT2D eigenvalue weighted by molar-refractivity contribution is 0.0983. The van der Waals surface area contributed by atoms with E-state index in [1.807, 2.05) is 48.5 Å². The summed E-state index contributed by atoms with van der Waals surface area (Å²) in [5, 5.41) is 1.21. The third-order valence-corrected chi connectivity index (χ3v) is 6.68. The predicted octanol–water partition coefficient (Wildman–Crippen LogP) is 5.07. The molecule has 154 valence electrons. The number of carbonyl (C=O) groups is 1. The molecule has 1 aliphatic rings. The summed E-state index contributed by atoms with van der Waals surface area (Å²) < 4.78 is 24.0. The molecule has 0 fully saturated rings. The van der Waals surface area contributed by atoms with E-state index in [1.54, 1.807) is 11.0 Å². The van der Waals surface area contributed by atoms with Gasteiger partial charge < -0.3 is 4.90 Å². The van der Waals surface area contributed by atoms with Crippen LogP contribution >= 0.6 is 0 Å². The van der Waals surface area contributed by atoms with E-state index in [9.17, 15) is 13.2 Å². The quantitative estimate of drug-likeness (QED) is 0.706. The Bertz CT molecular complexity index is 1010. The standard InChI is InChI=1S/C24H29NO3S/c1-17(2)18-8-12-21(13-9-18)25(22-14-15-29(27,28)16-22)23(26)19-6-10-20(11-7-19)24(3,4)5/h6-15,17,22H,16H2,1-5H3/t22-/m0/s1. The highest BCUT2D eigenvalue weighted by Gasteiger charge is 2.32. The van der Waals surface area contributed by atoms with Gasteiger partial charge in [0.2, 0.25) is 0 Å². The fraction of sp³-hybridized carbons (Fsp3) is 0.375. The largest absolute Gasteiger partial charge is 0.300 e. The van der Waals surface area contributed by atoms with Crippen molar-refractivity contribution < 1.29 is 13.2 Å². The summed E-state index contributed by atoms with van der Waals surface area (Å²) in [7, 11) is -3.29. The van der Waals surface area contributed by atoms with Crippen LogP contribution in [-0.4, -0.2) is 26.1 Å². The molecule has 4 nitrogen and oxygen atoms in total. The lowest BCUT2D eigenvalue weighted by atomic mass is 9.86. The Morgan fingerprint density at radius 2 is 1.59 bits per heavy atom. The van der Waals surface area contributed by atoms with Gasteiger partial charge in [0.05, 0.1) is 11.8 Å². The number of benzene rings is 2. The fourth-order valence-electron chi connectivity index (χ4n) is 3.45. The molecule has 0 saturated heterocycles. The zero-order valence-electron chi connectivity index (χ0n) is 17.7. The molecule has 0 N–H and O–H groups in total. The molecular formula is C24H29NO3S. The van der Waals surface area contributed by atoms with Crippen LogP contribution < -0.4 is 4.90 Å². The smallest absolute Gasteiger partial charge is 0.258 e. The zero-order chi connectivity index (χ0) is 21.4. The second kappa shape index (κ2) is 7.79. The summed E-state index contributed by atoms with van der Waals surface area (Å²) in [4.78, 5) is 15.0. The van der Waals surface area contributed by atoms with Crippen molar-refractivity contribution in [3.63, 3.8) is 0 Å². The molecule has 0 unspecified atom stereocenters. The molecule has 1 amide bonds. The topological polar surface area (TPSA) is 54.5 Å². The summed E-state index contributed by atoms with van der Waals surface area (Å²) in [5.41, 5.74) is 3.56. The molecule has 1 heterocycles. The number of sulfone groups is 1. The van der Waals surface area contributed by atoms with Crippen LogP contribution in [0.1, 0.15) is 62.0 Å². The Hall–Kier alpha value is -2.40. The average Bonchev–Trinajstić information content (AvgIpc) is 3.01. The van der Waals surface area contributed by atoms with Crippen molar-refractivity contribution in [3.05, 3.63) is 76.7 Å². The van der Waals surface area contributed by atoms with Gasteiger partial charge in [-0.05, 0) is 52.8 Å². The van der Waals surface area contributed by atoms with Crippen LogP contribution in [0.2, 0.25) is 0 Å². The summed E-state index contributed by atoms with van der Waals surface area (Å²) in [6.07, 6.45) is 1.60. The highest BCUT2D eigenvalue weighted by atomic mass is 32.2. The predicted molar refractivity (Wildman–Crippen MR) is 119 cm³/mol. The van der Waals surface area contributed by atoms with Crippen LogP contribution in [-0.2, 0) is 15.3 Å². The normalized spacial score (nSPS) is 18.2. The second-order valence-corrected chi connectivity index (χ2v) is 10.9. The third-order valence-electron chi connectivity index (χ3n) is 5.30. The van der Waals surface area contributed by atoms with E-state index in [4.69, 9.17) is 0 Å². The molecule has 0 aromatic heterocycles. The van der Waals surface area contributed by atoms with E-state index in [0.717, 1.165) is 5.56 Å². The number of rotatable bonds is 4. The van der Waals surface area contributed by atoms with Crippen molar-refractivity contribution in [2.24, 2.45) is 0 Å². The maximum Gasteiger partial charge on any atom is 0.258 e. The molecule has 0 spiro atoms. The summed E-state index contributed by atoms with van der Waals surface area (Å²) >= 11 is 0. The molecule has 29 heavy (non-hydrogen) atoms. The molecule has 1 aliphatic heterocycles. The highest BCUT2D eigenvalue weighted by molar-refractivity contribution is 7.94. The van der Waals surface area contributed by atoms with Crippen molar-refractivity contribution in [2.75, 3.05) is 10.7 Å². The summed E-state index contributed by atoms with van der Waals surface area (Å²) in [6.45, 7) is 10.6. The van der Waals surface area contributed by atoms with Gasteiger partial charge >= 0.3 is 0 Å². The maximum absolute atomic E-state index is 13.4. The Kier molecular flexibility index (Phi) is 5.72. The van der Waals surface area contributed by atoms with Crippen molar-refractivity contribution in [1.82, 2.24) is 0 Å². The average molecular weight is 412 g/mol. The van der Waals surface area contributed by atoms with E-state index >= 15 is 0 Å². The molecular weight excluding hydrogens is 382 g/mol. The van der Waals surface area contributed by atoms with E-state index in [2.05, 4.69) is 34.6 Å². The van der Waals surface area contributed by atoms with Gasteiger partial charge in [-0.25, -0.2) is 8.42 Å². The van der Waals surface area contributed by atoms with Gasteiger partial charge in [-0.1, -0.05) is 58.9 Å². The first-order valence-corrected chi connectivity index (χ1v) is 11.6. The number of nitrogens with zero attached hydrogens (tertiary/aromatic N) is 1. The van der Waals surface area contributed by atoms with Crippen LogP contribution in [0.3, 0.4) is 0 Å². The molecule has 0 radical (unpaired) electrons. The fourth-order valence-corrected chi connectivity index (χ4v) is 4.72. The Morgan fingerprint density at radius 1 is 1.00 bits per heavy atom. The SMILES string of the molecule is CC(C)c1ccc(N(C(=O)c2ccc(C(C)(C)C)cc2)[C@H]2C=CS(=O)(=O)C2)cc1. The van der Waals surface area contributed by atoms with Crippen molar-refractivity contribution in [3.8, 4) is 0 Å². The van der Waals surface area contributed by atoms with Crippen LogP contribution in [0, 0.1) is 0 Å². The van der Waals surface area contributed by atoms with Crippen LogP contribution in [0.5, 0.6) is 0 Å². The number of hydrogen-bond acceptors (Lipinski definition) is 3. The van der Waals surface area contributed by atoms with Gasteiger partial charge in [0.15, 0.2) is 9.84 Å². The lowest BCUT2D eigenvalue weighted by Crippen LogP contribution is -2.41. The minimum absolute atomic E-state index is 0.00376. The van der Waals surface area contributed by atoms with Crippen LogP contribution in [0.15, 0.2) is 60.0 Å². The molecule has 2 aromatic carbocycles. The molecule has 2 aromatic rings. The first kappa shape index (κ1) is 21.3. The van der Waals surface area contributed by atoms with E-state index in [0.29, 0.717) is 17.2 Å². The first-order valence-electron chi connectivity index (χ1n) is 9.93. The summed E-state index contributed by atoms with van der Waals surface area (Å²) in [5.74, 6) is 0.0875. The van der Waals surface area contributed by atoms with Crippen LogP contribution in [0.4, 0.5) is 5.69 Å². The molecule has 5 heteroatoms. The minimum atomic E-state index is -3.29. The Morgan fingerprint density at radius 3 is 2.03 bits per heavy atom. The lowest BCUT2D eigenvalue weighted by Gasteiger charge is -2.28. The maximum atomic E-state index is 13.4. The molecule has 3 rings (SSSR count). The number of hydrogen-bond donors (Lipinski definition) is 0. The minimum Gasteiger partial charge on any atom is -0.300 e. The number of carbonyl (C=O) groups excluding carboxylic acids is 1. The van der Waals surface area contributed by atoms with Gasteiger partial charge in [-0.15, -0.1) is 0 Å². The zero-order valence-corrected chi connectivity index (χ0v) is 18.5. The molecule has 1 atom stereocenters. The molecule has 0 bridgehead atoms. The van der Waals surface area contributed by atoms with Crippen molar-refractivity contribution in [2.45, 2.75) is 52.0 Å². The van der Waals surface area contributed by atoms with Gasteiger partial charge in [-0.3, -0.25) is 4.79 Å². The van der Waals surface area contributed by atoms with Gasteiger partial charge in [-0.2, -0.15) is 0 Å². The van der Waals surface area contributed by atoms with Gasteiger partial charge in [0.25, 0.3) is 5.91 Å². The van der Waals surface area contributed by atoms with Gasteiger partial charge in [0, 0.05) is 16.7 Å². The monoisotopic (exact) mass is 411 g/mol. The van der Waals surface area contributed by atoms with E-state index < -0.39 is 15.9 Å². The highest BCUT2D eigenvalue weighted by Crippen LogP contribution is 2.28. The second-order valence-electron chi connectivity index (χ2n) is 8.97. The Balaban J connectivity index is 1.98. The van der Waals surface area contributed by atoms with Crippen LogP contribution in [0.25, 0.3) is 0 Å².